The number of halogens is 15. The van der Waals surface area contributed by atoms with E-state index in [1.807, 2.05) is 0 Å². The van der Waals surface area contributed by atoms with E-state index in [9.17, 15) is 43.9 Å². The largest absolute Gasteiger partial charge is 0.643 e. The molecule has 2 rings (SSSR count). The Morgan fingerprint density at radius 3 is 1.35 bits per heavy atom. The molecule has 4 nitrogen and oxygen atoms in total. The standard InChI is InChI=1S/2C7H8F5NO.Al.3ClH.2FH/c8-5(7(10,11)12)6(9)13-1-3-14-4-2-13;8-5(6(9)10)7(11,12)13-1-3-14-4-2-13;;;;;;/h2*1-4H2;;5*1H/q;;+3;;;;;/p-3/b6-5-;;;;;;;. The third-order valence-electron chi connectivity index (χ3n) is 3.56. The molecule has 0 N–H and O–H groups in total. The Morgan fingerprint density at radius 2 is 1.03 bits per heavy atom. The maximum atomic E-state index is 12.9. The molecule has 0 aromatic carbocycles. The molecule has 0 aliphatic carbocycles. The van der Waals surface area contributed by atoms with E-state index in [2.05, 4.69) is 0 Å². The van der Waals surface area contributed by atoms with Gasteiger partial charge in [0, 0.05) is 26.2 Å². The Morgan fingerprint density at radius 1 is 0.676 bits per heavy atom. The average Bonchev–Trinajstić information content (AvgIpc) is 2.72. The number of hydrogen-bond acceptors (Lipinski definition) is 4. The summed E-state index contributed by atoms with van der Waals surface area (Å²) in [5.74, 6) is -7.22. The van der Waals surface area contributed by atoms with Crippen LogP contribution >= 0.6 is 30.1 Å². The van der Waals surface area contributed by atoms with Crippen molar-refractivity contribution in [3.63, 3.8) is 0 Å². The zero-order chi connectivity index (χ0) is 25.1. The summed E-state index contributed by atoms with van der Waals surface area (Å²) >= 11 is -1.72. The van der Waals surface area contributed by atoms with Crippen LogP contribution in [0.1, 0.15) is 0 Å². The van der Waals surface area contributed by atoms with Crippen LogP contribution in [0.4, 0.5) is 53.3 Å². The maximum absolute atomic E-state index is 12.9. The normalized spacial score (nSPS) is 17.4. The highest BCUT2D eigenvalue weighted by Crippen LogP contribution is 2.33. The minimum Gasteiger partial charge on any atom is -0.379 e. The van der Waals surface area contributed by atoms with Crippen LogP contribution in [0.15, 0.2) is 23.7 Å². The lowest BCUT2D eigenvalue weighted by Crippen LogP contribution is -2.48. The molecule has 2 aliphatic heterocycles. The SMILES string of the molecule is F.F.F/C(=C(/F)C(F)(F)F)N1CCOCC1.FC(F)=C(F)C(F)(F)N1CCOCC1.[Cl][Al]([Cl])[Cl]. The van der Waals surface area contributed by atoms with Crippen molar-refractivity contribution >= 4 is 41.5 Å². The highest BCUT2D eigenvalue weighted by Gasteiger charge is 2.45. The first-order valence-electron chi connectivity index (χ1n) is 8.41. The molecular weight excluding hydrogens is 589 g/mol. The second-order valence-electron chi connectivity index (χ2n) is 5.66. The van der Waals surface area contributed by atoms with Gasteiger partial charge >= 0.3 is 29.7 Å². The number of alkyl halides is 5. The van der Waals surface area contributed by atoms with Gasteiger partial charge in [-0.05, 0) is 0 Å². The van der Waals surface area contributed by atoms with Crippen LogP contribution in [0.25, 0.3) is 0 Å². The van der Waals surface area contributed by atoms with Crippen molar-refractivity contribution in [3.05, 3.63) is 23.7 Å². The molecule has 0 aromatic rings. The van der Waals surface area contributed by atoms with Gasteiger partial charge in [-0.25, -0.2) is 35.0 Å². The quantitative estimate of drug-likeness (QED) is 0.224. The van der Waals surface area contributed by atoms with Gasteiger partial charge in [0.1, 0.15) is 0 Å². The van der Waals surface area contributed by atoms with Crippen molar-refractivity contribution in [3.8, 4) is 0 Å². The number of ether oxygens (including phenoxy) is 2. The Labute approximate surface area is 202 Å². The van der Waals surface area contributed by atoms with Crippen molar-refractivity contribution in [2.75, 3.05) is 52.6 Å². The fourth-order valence-corrected chi connectivity index (χ4v) is 2.11. The Hall–Kier alpha value is -0.278. The highest BCUT2D eigenvalue weighted by atomic mass is 35.8. The second kappa shape index (κ2) is 18.0. The van der Waals surface area contributed by atoms with Crippen LogP contribution in [0, 0.1) is 0 Å². The molecule has 0 amide bonds. The number of hydrogen-bond donors (Lipinski definition) is 0. The molecule has 204 valence electrons. The number of rotatable bonds is 3. The molecule has 2 fully saturated rings. The molecule has 0 unspecified atom stereocenters. The summed E-state index contributed by atoms with van der Waals surface area (Å²) in [5, 5.41) is 0. The fraction of sp³-hybridized carbons (Fsp3) is 0.714. The van der Waals surface area contributed by atoms with Crippen molar-refractivity contribution in [2.45, 2.75) is 12.2 Å². The topological polar surface area (TPSA) is 24.9 Å². The van der Waals surface area contributed by atoms with Gasteiger partial charge in [0.2, 0.25) is 11.8 Å². The van der Waals surface area contributed by atoms with E-state index < -0.39 is 47.3 Å². The highest BCUT2D eigenvalue weighted by molar-refractivity contribution is 7.54. The summed E-state index contributed by atoms with van der Waals surface area (Å²) in [7, 11) is 14.8. The molecule has 0 saturated carbocycles. The van der Waals surface area contributed by atoms with E-state index in [0.29, 0.717) is 9.80 Å². The molecule has 0 atom stereocenters. The molecule has 20 heteroatoms. The average molecular weight is 608 g/mol. The van der Waals surface area contributed by atoms with E-state index in [0.717, 1.165) is 0 Å². The van der Waals surface area contributed by atoms with Crippen molar-refractivity contribution in [2.24, 2.45) is 0 Å². The molecule has 0 spiro atoms. The van der Waals surface area contributed by atoms with E-state index in [4.69, 9.17) is 39.6 Å². The molecule has 34 heavy (non-hydrogen) atoms. The lowest BCUT2D eigenvalue weighted by molar-refractivity contribution is -0.159. The summed E-state index contributed by atoms with van der Waals surface area (Å²) in [6.07, 6.45) is -8.25. The predicted molar refractivity (Wildman–Crippen MR) is 104 cm³/mol. The first kappa shape index (κ1) is 38.3. The van der Waals surface area contributed by atoms with Crippen LogP contribution in [0.3, 0.4) is 0 Å². The van der Waals surface area contributed by atoms with Crippen molar-refractivity contribution in [1.29, 1.82) is 0 Å². The monoisotopic (exact) mass is 606 g/mol. The van der Waals surface area contributed by atoms with Crippen molar-refractivity contribution in [1.82, 2.24) is 9.80 Å². The third kappa shape index (κ3) is 14.3. The molecule has 0 aromatic heterocycles. The minimum atomic E-state index is -5.26. The predicted octanol–water partition coefficient (Wildman–Crippen LogP) is 5.97. The summed E-state index contributed by atoms with van der Waals surface area (Å²) in [6.45, 7) is -0.531. The van der Waals surface area contributed by atoms with Gasteiger partial charge in [0.25, 0.3) is 5.83 Å². The van der Waals surface area contributed by atoms with Crippen LogP contribution in [-0.2, 0) is 9.47 Å². The van der Waals surface area contributed by atoms with Gasteiger partial charge in [0.05, 0.1) is 26.4 Å². The number of nitrogens with zero attached hydrogens (tertiary/aromatic N) is 2. The van der Waals surface area contributed by atoms with Gasteiger partial charge in [-0.1, -0.05) is 0 Å². The van der Waals surface area contributed by atoms with Gasteiger partial charge in [-0.2, -0.15) is 43.9 Å². The van der Waals surface area contributed by atoms with Gasteiger partial charge in [0.15, 0.2) is 0 Å². The van der Waals surface area contributed by atoms with Crippen LogP contribution in [0.5, 0.6) is 0 Å². The fourth-order valence-electron chi connectivity index (χ4n) is 2.11. The molecule has 0 radical (unpaired) electrons. The minimum absolute atomic E-state index is 0. The third-order valence-corrected chi connectivity index (χ3v) is 3.56. The van der Waals surface area contributed by atoms with Gasteiger partial charge in [-0.3, -0.25) is 9.41 Å². The Bertz CT molecular complexity index is 625. The molecular formula is C14H18AlCl3F12N2O2. The van der Waals surface area contributed by atoms with E-state index in [-0.39, 0.29) is 62.0 Å². The van der Waals surface area contributed by atoms with Crippen molar-refractivity contribution < 1.29 is 62.8 Å². The lowest BCUT2D eigenvalue weighted by Gasteiger charge is -2.32. The van der Waals surface area contributed by atoms with E-state index in [1.165, 1.54) is 0 Å². The second-order valence-corrected chi connectivity index (χ2v) is 12.1. The molecule has 2 saturated heterocycles. The van der Waals surface area contributed by atoms with Crippen LogP contribution in [-0.4, -0.2) is 86.0 Å². The van der Waals surface area contributed by atoms with E-state index >= 15 is 0 Å². The zero-order valence-electron chi connectivity index (χ0n) is 16.7. The summed E-state index contributed by atoms with van der Waals surface area (Å²) in [5.41, 5.74) is 0. The Kier molecular flexibility index (Phi) is 20.3. The molecule has 2 aliphatic rings. The smallest absolute Gasteiger partial charge is 0.379 e. The van der Waals surface area contributed by atoms with Gasteiger partial charge in [-0.15, -0.1) is 0 Å². The van der Waals surface area contributed by atoms with E-state index in [1.54, 1.807) is 0 Å². The maximum Gasteiger partial charge on any atom is 0.643 e. The molecule has 0 bridgehead atoms. The lowest BCUT2D eigenvalue weighted by atomic mass is 10.3. The summed E-state index contributed by atoms with van der Waals surface area (Å²) in [4.78, 5) is 0.997. The number of allylic oxidation sites excluding steroid dienone is 1. The summed E-state index contributed by atoms with van der Waals surface area (Å²) < 4.78 is 131. The van der Waals surface area contributed by atoms with Crippen LogP contribution in [0.2, 0.25) is 0 Å². The number of morpholine rings is 2. The summed E-state index contributed by atoms with van der Waals surface area (Å²) in [6, 6.07) is -4.23. The van der Waals surface area contributed by atoms with Gasteiger partial charge < -0.3 is 14.4 Å². The first-order chi connectivity index (χ1) is 14.6. The Balaban J connectivity index is -0.000000465. The first-order valence-corrected chi connectivity index (χ1v) is 13.6. The molecule has 2 heterocycles. The van der Waals surface area contributed by atoms with Crippen LogP contribution < -0.4 is 0 Å². The zero-order valence-corrected chi connectivity index (χ0v) is 20.1.